The summed E-state index contributed by atoms with van der Waals surface area (Å²) in [6.45, 7) is 4.39. The van der Waals surface area contributed by atoms with Crippen LogP contribution in [0.1, 0.15) is 13.8 Å². The van der Waals surface area contributed by atoms with Crippen LogP contribution in [0.3, 0.4) is 0 Å². The van der Waals surface area contributed by atoms with Gasteiger partial charge in [-0.15, -0.1) is 0 Å². The minimum Gasteiger partial charge on any atom is -0.383 e. The van der Waals surface area contributed by atoms with Crippen LogP contribution in [0.15, 0.2) is 0 Å². The summed E-state index contributed by atoms with van der Waals surface area (Å²) in [5, 5.41) is 5.51. The van der Waals surface area contributed by atoms with Crippen molar-refractivity contribution in [2.45, 2.75) is 19.9 Å². The molecule has 6 nitrogen and oxygen atoms in total. The zero-order valence-electron chi connectivity index (χ0n) is 10.7. The van der Waals surface area contributed by atoms with Gasteiger partial charge in [0.05, 0.1) is 18.9 Å². The minimum absolute atomic E-state index is 0.0504. The first-order valence-corrected chi connectivity index (χ1v) is 7.43. The van der Waals surface area contributed by atoms with E-state index in [-0.39, 0.29) is 30.0 Å². The molecular formula is C10H22N2O4S. The van der Waals surface area contributed by atoms with Crippen molar-refractivity contribution >= 4 is 15.7 Å². The fraction of sp³-hybridized carbons (Fsp3) is 0.900. The number of hydrogen-bond donors (Lipinski definition) is 2. The van der Waals surface area contributed by atoms with Crippen molar-refractivity contribution in [1.29, 1.82) is 0 Å². The van der Waals surface area contributed by atoms with Crippen LogP contribution in [-0.2, 0) is 19.4 Å². The zero-order valence-corrected chi connectivity index (χ0v) is 11.5. The van der Waals surface area contributed by atoms with E-state index >= 15 is 0 Å². The van der Waals surface area contributed by atoms with E-state index in [1.807, 2.05) is 0 Å². The van der Waals surface area contributed by atoms with Gasteiger partial charge in [0, 0.05) is 25.4 Å². The van der Waals surface area contributed by atoms with Gasteiger partial charge in [0.2, 0.25) is 5.91 Å². The van der Waals surface area contributed by atoms with Gasteiger partial charge in [-0.2, -0.15) is 0 Å². The fourth-order valence-corrected chi connectivity index (χ4v) is 2.29. The second kappa shape index (κ2) is 8.43. The number of methoxy groups -OCH3 is 1. The van der Waals surface area contributed by atoms with Gasteiger partial charge in [0.25, 0.3) is 0 Å². The highest BCUT2D eigenvalue weighted by molar-refractivity contribution is 7.91. The Morgan fingerprint density at radius 2 is 2.06 bits per heavy atom. The van der Waals surface area contributed by atoms with Crippen molar-refractivity contribution in [3.63, 3.8) is 0 Å². The highest BCUT2D eigenvalue weighted by Crippen LogP contribution is 1.93. The summed E-state index contributed by atoms with van der Waals surface area (Å²) in [6, 6.07) is -0.229. The highest BCUT2D eigenvalue weighted by atomic mass is 32.2. The number of carbonyl (C=O) groups excluding carboxylic acids is 1. The second-order valence-electron chi connectivity index (χ2n) is 3.82. The molecule has 1 atom stereocenters. The molecule has 0 radical (unpaired) electrons. The van der Waals surface area contributed by atoms with E-state index in [0.29, 0.717) is 13.2 Å². The monoisotopic (exact) mass is 266 g/mol. The van der Waals surface area contributed by atoms with Gasteiger partial charge >= 0.3 is 0 Å². The lowest BCUT2D eigenvalue weighted by Gasteiger charge is -2.13. The molecule has 1 amide bonds. The van der Waals surface area contributed by atoms with E-state index in [1.54, 1.807) is 21.0 Å². The molecule has 0 aromatic rings. The van der Waals surface area contributed by atoms with E-state index in [2.05, 4.69) is 10.6 Å². The van der Waals surface area contributed by atoms with Crippen LogP contribution in [0, 0.1) is 0 Å². The van der Waals surface area contributed by atoms with Crippen LogP contribution in [0.2, 0.25) is 0 Å². The maximum Gasteiger partial charge on any atom is 0.234 e. The molecule has 2 N–H and O–H groups in total. The molecule has 0 aromatic heterocycles. The van der Waals surface area contributed by atoms with Crippen LogP contribution < -0.4 is 10.6 Å². The number of nitrogens with one attached hydrogen (secondary N) is 2. The maximum absolute atomic E-state index is 11.3. The number of carbonyl (C=O) groups is 1. The standard InChI is InChI=1S/C10H22N2O4S/c1-4-17(14,15)8-9(2)12-7-10(13)11-5-6-16-3/h9,12H,4-8H2,1-3H3,(H,11,13). The molecule has 0 aliphatic heterocycles. The predicted octanol–water partition coefficient (Wildman–Crippen LogP) is -0.838. The van der Waals surface area contributed by atoms with Gasteiger partial charge in [-0.05, 0) is 6.92 Å². The number of ether oxygens (including phenoxy) is 1. The first-order valence-electron chi connectivity index (χ1n) is 5.60. The third kappa shape index (κ3) is 9.08. The van der Waals surface area contributed by atoms with Crippen LogP contribution in [-0.4, -0.2) is 58.7 Å². The van der Waals surface area contributed by atoms with Gasteiger partial charge in [-0.25, -0.2) is 8.42 Å². The van der Waals surface area contributed by atoms with E-state index in [1.165, 1.54) is 0 Å². The van der Waals surface area contributed by atoms with Crippen LogP contribution in [0.25, 0.3) is 0 Å². The van der Waals surface area contributed by atoms with Gasteiger partial charge in [-0.1, -0.05) is 6.92 Å². The van der Waals surface area contributed by atoms with Crippen molar-refractivity contribution in [1.82, 2.24) is 10.6 Å². The number of sulfone groups is 1. The van der Waals surface area contributed by atoms with Gasteiger partial charge in [-0.3, -0.25) is 4.79 Å². The third-order valence-corrected chi connectivity index (χ3v) is 4.07. The molecule has 0 saturated carbocycles. The molecular weight excluding hydrogens is 244 g/mol. The topological polar surface area (TPSA) is 84.5 Å². The lowest BCUT2D eigenvalue weighted by molar-refractivity contribution is -0.120. The lowest BCUT2D eigenvalue weighted by atomic mass is 10.4. The normalized spacial score (nSPS) is 13.4. The molecule has 102 valence electrons. The smallest absolute Gasteiger partial charge is 0.234 e. The lowest BCUT2D eigenvalue weighted by Crippen LogP contribution is -2.41. The Bertz CT molecular complexity index is 316. The second-order valence-corrected chi connectivity index (χ2v) is 6.22. The van der Waals surface area contributed by atoms with Crippen LogP contribution in [0.5, 0.6) is 0 Å². The highest BCUT2D eigenvalue weighted by Gasteiger charge is 2.13. The van der Waals surface area contributed by atoms with E-state index in [0.717, 1.165) is 0 Å². The Hall–Kier alpha value is -0.660. The van der Waals surface area contributed by atoms with Gasteiger partial charge in [0.15, 0.2) is 9.84 Å². The van der Waals surface area contributed by atoms with Gasteiger partial charge in [0.1, 0.15) is 0 Å². The molecule has 0 aliphatic rings. The van der Waals surface area contributed by atoms with Crippen molar-refractivity contribution in [3.8, 4) is 0 Å². The van der Waals surface area contributed by atoms with Gasteiger partial charge < -0.3 is 15.4 Å². The van der Waals surface area contributed by atoms with E-state index in [9.17, 15) is 13.2 Å². The molecule has 0 heterocycles. The molecule has 0 aliphatic carbocycles. The Balaban J connectivity index is 3.77. The van der Waals surface area contributed by atoms with Crippen molar-refractivity contribution in [2.24, 2.45) is 0 Å². The van der Waals surface area contributed by atoms with Crippen LogP contribution in [0.4, 0.5) is 0 Å². The van der Waals surface area contributed by atoms with Crippen LogP contribution >= 0.6 is 0 Å². The summed E-state index contributed by atoms with van der Waals surface area (Å²) in [4.78, 5) is 11.3. The Labute approximate surface area is 103 Å². The first-order chi connectivity index (χ1) is 7.91. The molecule has 17 heavy (non-hydrogen) atoms. The Kier molecular flexibility index (Phi) is 8.11. The third-order valence-electron chi connectivity index (χ3n) is 2.18. The number of amides is 1. The number of hydrogen-bond acceptors (Lipinski definition) is 5. The zero-order chi connectivity index (χ0) is 13.3. The van der Waals surface area contributed by atoms with Crippen molar-refractivity contribution in [2.75, 3.05) is 38.3 Å². The molecule has 0 fully saturated rings. The summed E-state index contributed by atoms with van der Waals surface area (Å²) in [5.41, 5.74) is 0. The molecule has 0 aromatic carbocycles. The summed E-state index contributed by atoms with van der Waals surface area (Å²) < 4.78 is 27.4. The van der Waals surface area contributed by atoms with E-state index in [4.69, 9.17) is 4.74 Å². The minimum atomic E-state index is -3.00. The largest absolute Gasteiger partial charge is 0.383 e. The summed E-state index contributed by atoms with van der Waals surface area (Å²) in [7, 11) is -1.44. The maximum atomic E-state index is 11.3. The average molecular weight is 266 g/mol. The Morgan fingerprint density at radius 1 is 1.41 bits per heavy atom. The molecule has 0 saturated heterocycles. The fourth-order valence-electron chi connectivity index (χ4n) is 1.18. The van der Waals surface area contributed by atoms with Crippen molar-refractivity contribution in [3.05, 3.63) is 0 Å². The first kappa shape index (κ1) is 16.3. The predicted molar refractivity (Wildman–Crippen MR) is 66.7 cm³/mol. The number of rotatable bonds is 9. The summed E-state index contributed by atoms with van der Waals surface area (Å²) in [6.07, 6.45) is 0. The Morgan fingerprint density at radius 3 is 2.59 bits per heavy atom. The molecule has 7 heteroatoms. The molecule has 0 rings (SSSR count). The van der Waals surface area contributed by atoms with E-state index < -0.39 is 9.84 Å². The SMILES string of the molecule is CCS(=O)(=O)CC(C)NCC(=O)NCCOC. The average Bonchev–Trinajstić information content (AvgIpc) is 2.26. The van der Waals surface area contributed by atoms with Crippen molar-refractivity contribution < 1.29 is 17.9 Å². The summed E-state index contributed by atoms with van der Waals surface area (Å²) >= 11 is 0. The summed E-state index contributed by atoms with van der Waals surface area (Å²) in [5.74, 6) is 0.0104. The molecule has 1 unspecified atom stereocenters. The molecule has 0 spiro atoms. The quantitative estimate of drug-likeness (QED) is 0.532. The molecule has 0 bridgehead atoms.